The average Bonchev–Trinajstić information content (AvgIpc) is 3.19. The molecule has 1 fully saturated rings. The molecule has 0 N–H and O–H groups in total. The smallest absolute Gasteiger partial charge is 0.293 e. The molecule has 3 aromatic rings. The van der Waals surface area contributed by atoms with Crippen LogP contribution in [0.25, 0.3) is 23.0 Å². The molecule has 0 bridgehead atoms. The fourth-order valence-electron chi connectivity index (χ4n) is 3.44. The Bertz CT molecular complexity index is 957. The molecule has 1 saturated heterocycles. The van der Waals surface area contributed by atoms with Gasteiger partial charge in [-0.25, -0.2) is 0 Å². The van der Waals surface area contributed by atoms with Gasteiger partial charge in [-0.15, -0.1) is 0 Å². The number of benzene rings is 1. The van der Waals surface area contributed by atoms with Crippen molar-refractivity contribution in [2.24, 2.45) is 0 Å². The Morgan fingerprint density at radius 2 is 2.15 bits per heavy atom. The molecule has 27 heavy (non-hydrogen) atoms. The first kappa shape index (κ1) is 17.1. The number of rotatable bonds is 4. The Morgan fingerprint density at radius 1 is 1.26 bits per heavy atom. The maximum atomic E-state index is 11.7. The third-order valence-electron chi connectivity index (χ3n) is 4.85. The summed E-state index contributed by atoms with van der Waals surface area (Å²) in [5.74, 6) is 0.582. The van der Waals surface area contributed by atoms with Crippen LogP contribution in [0.1, 0.15) is 26.2 Å². The summed E-state index contributed by atoms with van der Waals surface area (Å²) >= 11 is 0. The molecule has 1 unspecified atom stereocenters. The van der Waals surface area contributed by atoms with Crippen LogP contribution in [0.5, 0.6) is 0 Å². The number of nitro groups is 1. The largest absolute Gasteiger partial charge is 0.363 e. The Balaban J connectivity index is 1.70. The number of hydrogen-bond acceptors (Lipinski definition) is 7. The predicted octanol–water partition coefficient (Wildman–Crippen LogP) is 4.09. The molecule has 1 aliphatic rings. The van der Waals surface area contributed by atoms with Crippen molar-refractivity contribution in [1.82, 2.24) is 15.1 Å². The van der Waals surface area contributed by atoms with Gasteiger partial charge in [0.2, 0.25) is 5.82 Å². The summed E-state index contributed by atoms with van der Waals surface area (Å²) in [7, 11) is 0. The van der Waals surface area contributed by atoms with Gasteiger partial charge in [0.05, 0.1) is 4.92 Å². The van der Waals surface area contributed by atoms with Crippen LogP contribution >= 0.6 is 0 Å². The van der Waals surface area contributed by atoms with E-state index in [0.717, 1.165) is 25.8 Å². The molecule has 8 heteroatoms. The van der Waals surface area contributed by atoms with Gasteiger partial charge in [-0.1, -0.05) is 11.2 Å². The summed E-state index contributed by atoms with van der Waals surface area (Å²) in [6.45, 7) is 2.93. The number of hydrogen-bond donors (Lipinski definition) is 0. The van der Waals surface area contributed by atoms with Gasteiger partial charge in [0, 0.05) is 30.4 Å². The lowest BCUT2D eigenvalue weighted by Gasteiger charge is -2.35. The van der Waals surface area contributed by atoms with E-state index in [-0.39, 0.29) is 22.5 Å². The van der Waals surface area contributed by atoms with Gasteiger partial charge in [-0.05, 0) is 50.5 Å². The van der Waals surface area contributed by atoms with E-state index >= 15 is 0 Å². The van der Waals surface area contributed by atoms with E-state index < -0.39 is 0 Å². The first-order chi connectivity index (χ1) is 13.1. The highest BCUT2D eigenvalue weighted by molar-refractivity contribution is 5.71. The minimum Gasteiger partial charge on any atom is -0.363 e. The highest BCUT2D eigenvalue weighted by Crippen LogP contribution is 2.36. The molecule has 1 atom stereocenters. The summed E-state index contributed by atoms with van der Waals surface area (Å²) in [5.41, 5.74) is 1.80. The predicted molar refractivity (Wildman–Crippen MR) is 100 cm³/mol. The van der Waals surface area contributed by atoms with Gasteiger partial charge in [0.15, 0.2) is 0 Å². The maximum absolute atomic E-state index is 11.7. The lowest BCUT2D eigenvalue weighted by atomic mass is 10.0. The highest BCUT2D eigenvalue weighted by atomic mass is 16.6. The zero-order valence-electron chi connectivity index (χ0n) is 14.9. The number of pyridine rings is 1. The normalized spacial score (nSPS) is 17.1. The minimum atomic E-state index is -0.351. The van der Waals surface area contributed by atoms with Crippen LogP contribution in [0.3, 0.4) is 0 Å². The first-order valence-electron chi connectivity index (χ1n) is 8.94. The van der Waals surface area contributed by atoms with Gasteiger partial charge in [-0.3, -0.25) is 15.1 Å². The SMILES string of the molecule is CC1CCCCN1c1ccc(-c2nc(-c3ccccn3)no2)cc1[N+](=O)[O-]. The van der Waals surface area contributed by atoms with E-state index in [2.05, 4.69) is 26.9 Å². The Morgan fingerprint density at radius 3 is 2.89 bits per heavy atom. The van der Waals surface area contributed by atoms with E-state index in [1.165, 1.54) is 6.07 Å². The third kappa shape index (κ3) is 3.38. The number of nitrogens with zero attached hydrogens (tertiary/aromatic N) is 5. The molecule has 2 aromatic heterocycles. The van der Waals surface area contributed by atoms with Crippen LogP contribution < -0.4 is 4.90 Å². The van der Waals surface area contributed by atoms with Crippen molar-refractivity contribution in [2.75, 3.05) is 11.4 Å². The van der Waals surface area contributed by atoms with Gasteiger partial charge in [-0.2, -0.15) is 4.98 Å². The van der Waals surface area contributed by atoms with Gasteiger partial charge in [0.1, 0.15) is 11.4 Å². The molecule has 138 valence electrons. The van der Waals surface area contributed by atoms with E-state index in [4.69, 9.17) is 4.52 Å². The molecule has 1 aromatic carbocycles. The fourth-order valence-corrected chi connectivity index (χ4v) is 3.44. The third-order valence-corrected chi connectivity index (χ3v) is 4.85. The van der Waals surface area contributed by atoms with Crippen molar-refractivity contribution in [2.45, 2.75) is 32.2 Å². The Labute approximate surface area is 156 Å². The molecule has 0 spiro atoms. The highest BCUT2D eigenvalue weighted by Gasteiger charge is 2.26. The molecule has 0 radical (unpaired) electrons. The van der Waals surface area contributed by atoms with Crippen LogP contribution in [-0.2, 0) is 0 Å². The lowest BCUT2D eigenvalue weighted by Crippen LogP contribution is -2.37. The van der Waals surface area contributed by atoms with Crippen molar-refractivity contribution in [3.63, 3.8) is 0 Å². The van der Waals surface area contributed by atoms with Crippen LogP contribution in [0.2, 0.25) is 0 Å². The second-order valence-corrected chi connectivity index (χ2v) is 6.64. The molecule has 0 amide bonds. The quantitative estimate of drug-likeness (QED) is 0.507. The minimum absolute atomic E-state index is 0.0545. The lowest BCUT2D eigenvalue weighted by molar-refractivity contribution is -0.384. The second kappa shape index (κ2) is 7.14. The summed E-state index contributed by atoms with van der Waals surface area (Å²) in [4.78, 5) is 22.0. The monoisotopic (exact) mass is 365 g/mol. The van der Waals surface area contributed by atoms with E-state index in [0.29, 0.717) is 22.8 Å². The fraction of sp³-hybridized carbons (Fsp3) is 0.316. The summed E-state index contributed by atoms with van der Waals surface area (Å²) in [5, 5.41) is 15.6. The van der Waals surface area contributed by atoms with Crippen molar-refractivity contribution in [3.05, 3.63) is 52.7 Å². The average molecular weight is 365 g/mol. The molecule has 0 aliphatic carbocycles. The molecule has 1 aliphatic heterocycles. The number of nitro benzene ring substituents is 1. The molecule has 3 heterocycles. The number of aromatic nitrogens is 3. The molecule has 0 saturated carbocycles. The molecular formula is C19H19N5O3. The summed E-state index contributed by atoms with van der Waals surface area (Å²) in [6.07, 6.45) is 4.88. The molecule has 8 nitrogen and oxygen atoms in total. The van der Waals surface area contributed by atoms with E-state index in [1.54, 1.807) is 30.5 Å². The maximum Gasteiger partial charge on any atom is 0.293 e. The van der Waals surface area contributed by atoms with Crippen LogP contribution in [-0.4, -0.2) is 32.6 Å². The van der Waals surface area contributed by atoms with Crippen molar-refractivity contribution < 1.29 is 9.45 Å². The van der Waals surface area contributed by atoms with Crippen molar-refractivity contribution in [1.29, 1.82) is 0 Å². The standard InChI is InChI=1S/C19H19N5O3/c1-13-6-3-5-11-23(13)16-9-8-14(12-17(16)24(25)26)19-21-18(22-27-19)15-7-2-4-10-20-15/h2,4,7-10,12-13H,3,5-6,11H2,1H3. The summed E-state index contributed by atoms with van der Waals surface area (Å²) < 4.78 is 5.31. The topological polar surface area (TPSA) is 98.2 Å². The number of piperidine rings is 1. The Kier molecular flexibility index (Phi) is 4.53. The molecular weight excluding hydrogens is 346 g/mol. The first-order valence-corrected chi connectivity index (χ1v) is 8.94. The second-order valence-electron chi connectivity index (χ2n) is 6.64. The van der Waals surface area contributed by atoms with Gasteiger partial charge >= 0.3 is 0 Å². The summed E-state index contributed by atoms with van der Waals surface area (Å²) in [6, 6.07) is 10.8. The number of anilines is 1. The van der Waals surface area contributed by atoms with Crippen LogP contribution in [0, 0.1) is 10.1 Å². The van der Waals surface area contributed by atoms with Gasteiger partial charge in [0.25, 0.3) is 11.6 Å². The van der Waals surface area contributed by atoms with Crippen molar-refractivity contribution in [3.8, 4) is 23.0 Å². The van der Waals surface area contributed by atoms with Crippen LogP contribution in [0.15, 0.2) is 47.1 Å². The molecule has 4 rings (SSSR count). The zero-order valence-corrected chi connectivity index (χ0v) is 14.9. The zero-order chi connectivity index (χ0) is 18.8. The van der Waals surface area contributed by atoms with Gasteiger partial charge < -0.3 is 9.42 Å². The van der Waals surface area contributed by atoms with E-state index in [9.17, 15) is 10.1 Å². The Hall–Kier alpha value is -3.29. The van der Waals surface area contributed by atoms with E-state index in [1.807, 2.05) is 6.07 Å². The van der Waals surface area contributed by atoms with Crippen LogP contribution in [0.4, 0.5) is 11.4 Å². The van der Waals surface area contributed by atoms with Crippen molar-refractivity contribution >= 4 is 11.4 Å².